The molecule has 0 aliphatic heterocycles. The van der Waals surface area contributed by atoms with Crippen molar-refractivity contribution in [3.63, 3.8) is 0 Å². The summed E-state index contributed by atoms with van der Waals surface area (Å²) in [6.45, 7) is 17.7. The molecule has 0 nitrogen and oxygen atoms in total. The minimum absolute atomic E-state index is 0. The summed E-state index contributed by atoms with van der Waals surface area (Å²) < 4.78 is 0. The number of halogens is 2. The molecule has 0 aliphatic rings. The van der Waals surface area contributed by atoms with E-state index in [0.717, 1.165) is 9.52 Å². The van der Waals surface area contributed by atoms with E-state index in [2.05, 4.69) is 127 Å². The minimum Gasteiger partial charge on any atom is -1.00 e. The molecule has 4 aromatic rings. The van der Waals surface area contributed by atoms with Gasteiger partial charge in [0, 0.05) is 9.52 Å². The molecular formula is C32H43Cl2SiZr. The molecule has 4 aromatic carbocycles. The van der Waals surface area contributed by atoms with Crippen LogP contribution in [0.1, 0.15) is 62.8 Å². The van der Waals surface area contributed by atoms with E-state index in [1.165, 1.54) is 63.4 Å². The first-order valence-electron chi connectivity index (χ1n) is 12.4. The Kier molecular flexibility index (Phi) is 19.0. The smallest absolute Gasteiger partial charge is 1.00 e. The SMILES string of the molecule is CCCCc1c[cH-]c(C)c1.C[SiH]C.Cc1cc2c(-c3ccc(C(C)(C)C)cc3)cccc2[cH-]1.[Cl-].[Cl-].[Zr+4]. The van der Waals surface area contributed by atoms with E-state index in [-0.39, 0.29) is 56.4 Å². The van der Waals surface area contributed by atoms with Crippen LogP contribution in [-0.4, -0.2) is 9.52 Å². The van der Waals surface area contributed by atoms with E-state index >= 15 is 0 Å². The molecular weight excluding hydrogens is 575 g/mol. The third-order valence-corrected chi connectivity index (χ3v) is 5.75. The summed E-state index contributed by atoms with van der Waals surface area (Å²) in [5, 5.41) is 2.69. The van der Waals surface area contributed by atoms with Gasteiger partial charge in [0.15, 0.2) is 0 Å². The van der Waals surface area contributed by atoms with Gasteiger partial charge in [-0.3, -0.25) is 0 Å². The first kappa shape index (κ1) is 37.2. The van der Waals surface area contributed by atoms with Crippen LogP contribution in [0.4, 0.5) is 0 Å². The molecule has 0 heterocycles. The monoisotopic (exact) mass is 615 g/mol. The molecule has 0 fully saturated rings. The Balaban J connectivity index is 0. The minimum atomic E-state index is 0. The van der Waals surface area contributed by atoms with Crippen LogP contribution in [0.25, 0.3) is 21.9 Å². The molecule has 0 amide bonds. The van der Waals surface area contributed by atoms with Crippen LogP contribution < -0.4 is 24.8 Å². The van der Waals surface area contributed by atoms with Crippen molar-refractivity contribution in [3.05, 3.63) is 95.1 Å². The van der Waals surface area contributed by atoms with Gasteiger partial charge < -0.3 is 24.8 Å². The Morgan fingerprint density at radius 2 is 1.47 bits per heavy atom. The third kappa shape index (κ3) is 11.6. The number of hydrogen-bond donors (Lipinski definition) is 0. The van der Waals surface area contributed by atoms with Gasteiger partial charge in [-0.05, 0) is 16.5 Å². The van der Waals surface area contributed by atoms with Crippen molar-refractivity contribution in [2.24, 2.45) is 0 Å². The van der Waals surface area contributed by atoms with Crippen molar-refractivity contribution in [2.75, 3.05) is 0 Å². The van der Waals surface area contributed by atoms with E-state index in [0.29, 0.717) is 0 Å². The van der Waals surface area contributed by atoms with E-state index in [1.54, 1.807) is 0 Å². The molecule has 0 aliphatic carbocycles. The second-order valence-electron chi connectivity index (χ2n) is 10.1. The van der Waals surface area contributed by atoms with Gasteiger partial charge in [-0.1, -0.05) is 110 Å². The number of hydrogen-bond acceptors (Lipinski definition) is 0. The van der Waals surface area contributed by atoms with Gasteiger partial charge in [0.1, 0.15) is 0 Å². The average molecular weight is 618 g/mol. The fourth-order valence-corrected chi connectivity index (χ4v) is 3.95. The number of rotatable bonds is 4. The summed E-state index contributed by atoms with van der Waals surface area (Å²) in [5.74, 6) is 0. The summed E-state index contributed by atoms with van der Waals surface area (Å²) in [6.07, 6.45) is 3.87. The van der Waals surface area contributed by atoms with Crippen molar-refractivity contribution in [3.8, 4) is 11.1 Å². The van der Waals surface area contributed by atoms with Crippen LogP contribution in [-0.2, 0) is 38.0 Å². The van der Waals surface area contributed by atoms with Crippen LogP contribution in [0, 0.1) is 13.8 Å². The molecule has 0 saturated heterocycles. The Morgan fingerprint density at radius 1 is 0.861 bits per heavy atom. The predicted octanol–water partition coefficient (Wildman–Crippen LogP) is 3.41. The van der Waals surface area contributed by atoms with Crippen LogP contribution in [0.2, 0.25) is 13.1 Å². The van der Waals surface area contributed by atoms with Crippen molar-refractivity contribution < 1.29 is 51.0 Å². The maximum Gasteiger partial charge on any atom is 4.00 e. The van der Waals surface area contributed by atoms with Crippen molar-refractivity contribution in [2.45, 2.75) is 79.3 Å². The standard InChI is InChI=1S/C20H21.C10H15.C2H7Si.2ClH.Zr/c1-14-12-16-6-5-7-18(19(16)13-14)15-8-10-17(11-9-15)20(2,3)4;1-3-4-5-10-7-6-9(2)8-10;1-3-2;;;/h5-13H,1-4H3;6-8H,3-5H2,1-2H3;3H,1-2H3;2*1H;/q2*-1;;;;+4/p-2. The van der Waals surface area contributed by atoms with E-state index in [1.807, 2.05) is 0 Å². The third-order valence-electron chi connectivity index (χ3n) is 5.75. The van der Waals surface area contributed by atoms with Gasteiger partial charge >= 0.3 is 26.2 Å². The Morgan fingerprint density at radius 3 is 1.97 bits per heavy atom. The number of aryl methyl sites for hydroxylation is 3. The number of unbranched alkanes of at least 4 members (excludes halogenated alkanes) is 1. The molecule has 193 valence electrons. The fourth-order valence-electron chi connectivity index (χ4n) is 3.95. The van der Waals surface area contributed by atoms with Crippen LogP contribution >= 0.6 is 0 Å². The molecule has 0 N–H and O–H groups in total. The van der Waals surface area contributed by atoms with Crippen LogP contribution in [0.15, 0.2) is 72.8 Å². The molecule has 0 aromatic heterocycles. The second-order valence-corrected chi connectivity index (χ2v) is 11.3. The van der Waals surface area contributed by atoms with Crippen molar-refractivity contribution in [1.29, 1.82) is 0 Å². The van der Waals surface area contributed by atoms with Gasteiger partial charge in [-0.25, -0.2) is 6.07 Å². The molecule has 4 heteroatoms. The summed E-state index contributed by atoms with van der Waals surface area (Å²) in [5.41, 5.74) is 8.45. The number of benzene rings is 2. The molecule has 0 bridgehead atoms. The van der Waals surface area contributed by atoms with Crippen LogP contribution in [0.3, 0.4) is 0 Å². The predicted molar refractivity (Wildman–Crippen MR) is 153 cm³/mol. The zero-order chi connectivity index (χ0) is 24.4. The molecule has 0 spiro atoms. The van der Waals surface area contributed by atoms with Crippen molar-refractivity contribution >= 4 is 20.3 Å². The summed E-state index contributed by atoms with van der Waals surface area (Å²) >= 11 is 0. The number of fused-ring (bicyclic) bond motifs is 1. The Bertz CT molecular complexity index is 1100. The van der Waals surface area contributed by atoms with E-state index < -0.39 is 0 Å². The first-order valence-corrected chi connectivity index (χ1v) is 14.7. The zero-order valence-corrected chi connectivity index (χ0v) is 28.5. The topological polar surface area (TPSA) is 0 Å². The first-order chi connectivity index (χ1) is 15.7. The molecule has 36 heavy (non-hydrogen) atoms. The Hall–Kier alpha value is -0.920. The normalized spacial score (nSPS) is 10.0. The summed E-state index contributed by atoms with van der Waals surface area (Å²) in [4.78, 5) is 0. The molecule has 1 radical (unpaired) electrons. The maximum absolute atomic E-state index is 2.28. The fraction of sp³-hybridized carbons (Fsp3) is 0.375. The van der Waals surface area contributed by atoms with Crippen molar-refractivity contribution in [1.82, 2.24) is 0 Å². The maximum atomic E-state index is 2.28. The quantitative estimate of drug-likeness (QED) is 0.243. The summed E-state index contributed by atoms with van der Waals surface area (Å²) in [6, 6.07) is 26.8. The summed E-state index contributed by atoms with van der Waals surface area (Å²) in [7, 11) is 0.750. The van der Waals surface area contributed by atoms with Gasteiger partial charge in [0.05, 0.1) is 0 Å². The Labute approximate surface area is 255 Å². The van der Waals surface area contributed by atoms with Gasteiger partial charge in [0.25, 0.3) is 0 Å². The molecule has 4 rings (SSSR count). The molecule has 0 saturated carbocycles. The second kappa shape index (κ2) is 18.4. The van der Waals surface area contributed by atoms with Crippen LogP contribution in [0.5, 0.6) is 0 Å². The zero-order valence-electron chi connectivity index (χ0n) is 23.4. The largest absolute Gasteiger partial charge is 4.00 e. The van der Waals surface area contributed by atoms with E-state index in [9.17, 15) is 0 Å². The van der Waals surface area contributed by atoms with Gasteiger partial charge in [0.2, 0.25) is 0 Å². The average Bonchev–Trinajstić information content (AvgIpc) is 3.36. The van der Waals surface area contributed by atoms with Gasteiger partial charge in [-0.2, -0.15) is 29.3 Å². The van der Waals surface area contributed by atoms with Gasteiger partial charge in [-0.15, -0.1) is 34.5 Å². The molecule has 0 unspecified atom stereocenters. The van der Waals surface area contributed by atoms with E-state index in [4.69, 9.17) is 0 Å². The molecule has 0 atom stereocenters.